The molecule has 1 fully saturated rings. The van der Waals surface area contributed by atoms with Crippen LogP contribution in [0.15, 0.2) is 42.5 Å². The van der Waals surface area contributed by atoms with Crippen molar-refractivity contribution in [1.82, 2.24) is 4.90 Å². The van der Waals surface area contributed by atoms with Crippen molar-refractivity contribution < 1.29 is 9.53 Å². The predicted molar refractivity (Wildman–Crippen MR) is 111 cm³/mol. The summed E-state index contributed by atoms with van der Waals surface area (Å²) in [5.41, 5.74) is 4.88. The van der Waals surface area contributed by atoms with Crippen LogP contribution in [-0.2, 0) is 17.9 Å². The topological polar surface area (TPSA) is 32.8 Å². The first kappa shape index (κ1) is 17.9. The van der Waals surface area contributed by atoms with E-state index < -0.39 is 0 Å². The Bertz CT molecular complexity index is 886. The van der Waals surface area contributed by atoms with Crippen LogP contribution in [0.1, 0.15) is 41.9 Å². The largest absolute Gasteiger partial charge is 0.445 e. The lowest BCUT2D eigenvalue weighted by Crippen LogP contribution is -2.40. The van der Waals surface area contributed by atoms with Crippen LogP contribution in [0.25, 0.3) is 0 Å². The number of hydrogen-bond acceptors (Lipinski definition) is 3. The smallest absolute Gasteiger partial charge is 0.410 e. The van der Waals surface area contributed by atoms with Gasteiger partial charge in [-0.15, -0.1) is 0 Å². The van der Waals surface area contributed by atoms with Crippen molar-refractivity contribution in [2.75, 3.05) is 24.5 Å². The van der Waals surface area contributed by atoms with Gasteiger partial charge in [-0.2, -0.15) is 0 Å². The lowest BCUT2D eigenvalue weighted by Gasteiger charge is -2.38. The van der Waals surface area contributed by atoms with E-state index in [1.165, 1.54) is 30.5 Å². The second-order valence-corrected chi connectivity index (χ2v) is 8.64. The molecule has 5 rings (SSSR count). The third-order valence-corrected chi connectivity index (χ3v) is 6.70. The number of hydrogen-bond donors (Lipinski definition) is 0. The van der Waals surface area contributed by atoms with Crippen molar-refractivity contribution in [2.45, 2.75) is 38.3 Å². The molecule has 3 aliphatic rings. The van der Waals surface area contributed by atoms with E-state index in [1.54, 1.807) is 0 Å². The number of ether oxygens (including phenoxy) is 1. The summed E-state index contributed by atoms with van der Waals surface area (Å²) in [5, 5.41) is 0.778. The van der Waals surface area contributed by atoms with Gasteiger partial charge in [0.2, 0.25) is 0 Å². The predicted octanol–water partition coefficient (Wildman–Crippen LogP) is 5.20. The van der Waals surface area contributed by atoms with Crippen LogP contribution in [-0.4, -0.2) is 30.6 Å². The van der Waals surface area contributed by atoms with E-state index in [4.69, 9.17) is 16.3 Å². The maximum absolute atomic E-state index is 12.8. The Morgan fingerprint density at radius 2 is 2.00 bits per heavy atom. The Morgan fingerprint density at radius 1 is 1.14 bits per heavy atom. The Morgan fingerprint density at radius 3 is 2.86 bits per heavy atom. The molecule has 2 aromatic carbocycles. The summed E-state index contributed by atoms with van der Waals surface area (Å²) in [4.78, 5) is 17.1. The Kier molecular flexibility index (Phi) is 4.67. The molecule has 146 valence electrons. The van der Waals surface area contributed by atoms with Gasteiger partial charge in [0.05, 0.1) is 6.54 Å². The zero-order valence-electron chi connectivity index (χ0n) is 15.9. The minimum atomic E-state index is -0.252. The molecule has 2 unspecified atom stereocenters. The fourth-order valence-corrected chi connectivity index (χ4v) is 5.45. The third kappa shape index (κ3) is 3.24. The molecule has 28 heavy (non-hydrogen) atoms. The molecular formula is C23H25ClN2O2. The molecule has 1 aliphatic carbocycles. The molecule has 0 radical (unpaired) electrons. The minimum Gasteiger partial charge on any atom is -0.445 e. The highest BCUT2D eigenvalue weighted by molar-refractivity contribution is 6.30. The second kappa shape index (κ2) is 7.32. The van der Waals surface area contributed by atoms with E-state index in [0.29, 0.717) is 25.6 Å². The fraction of sp³-hybridized carbons (Fsp3) is 0.435. The van der Waals surface area contributed by atoms with E-state index in [-0.39, 0.29) is 6.09 Å². The summed E-state index contributed by atoms with van der Waals surface area (Å²) in [5.74, 6) is 1.34. The van der Waals surface area contributed by atoms with E-state index in [0.717, 1.165) is 35.2 Å². The molecule has 1 amide bonds. The van der Waals surface area contributed by atoms with Crippen molar-refractivity contribution in [3.63, 3.8) is 0 Å². The average Bonchev–Trinajstić information content (AvgIpc) is 3.10. The molecule has 2 aromatic rings. The summed E-state index contributed by atoms with van der Waals surface area (Å²) < 4.78 is 5.59. The number of benzene rings is 2. The summed E-state index contributed by atoms with van der Waals surface area (Å²) >= 11 is 6.49. The SMILES string of the molecule is O=C(OCc1ccccc1)N1CCN2CC3CCCC3c3cc(Cl)cc(c32)C1. The minimum absolute atomic E-state index is 0.252. The Balaban J connectivity index is 1.39. The Labute approximate surface area is 171 Å². The molecule has 2 atom stereocenters. The number of nitrogens with zero attached hydrogens (tertiary/aromatic N) is 2. The highest BCUT2D eigenvalue weighted by Gasteiger charge is 2.39. The van der Waals surface area contributed by atoms with Gasteiger partial charge in [0.1, 0.15) is 6.61 Å². The number of halogens is 1. The van der Waals surface area contributed by atoms with Gasteiger partial charge in [-0.25, -0.2) is 4.79 Å². The van der Waals surface area contributed by atoms with Gasteiger partial charge in [0, 0.05) is 30.3 Å². The molecular weight excluding hydrogens is 372 g/mol. The first-order valence-corrected chi connectivity index (χ1v) is 10.6. The van der Waals surface area contributed by atoms with Crippen molar-refractivity contribution in [3.05, 3.63) is 64.2 Å². The standard InChI is InChI=1S/C23H25ClN2O2/c24-19-11-18-14-26(23(27)28-15-16-5-2-1-3-6-16)10-9-25-13-17-7-4-8-20(17)21(12-19)22(18)25/h1-3,5-6,11-12,17,20H,4,7-10,13-15H2. The molecule has 4 nitrogen and oxygen atoms in total. The monoisotopic (exact) mass is 396 g/mol. The lowest BCUT2D eigenvalue weighted by molar-refractivity contribution is 0.0953. The highest BCUT2D eigenvalue weighted by atomic mass is 35.5. The molecule has 0 saturated heterocycles. The van der Waals surface area contributed by atoms with Crippen LogP contribution >= 0.6 is 11.6 Å². The second-order valence-electron chi connectivity index (χ2n) is 8.21. The van der Waals surface area contributed by atoms with Gasteiger partial charge < -0.3 is 14.5 Å². The maximum Gasteiger partial charge on any atom is 0.410 e. The van der Waals surface area contributed by atoms with Crippen LogP contribution < -0.4 is 4.90 Å². The number of carbonyl (C=O) groups is 1. The van der Waals surface area contributed by atoms with Gasteiger partial charge >= 0.3 is 6.09 Å². The number of amides is 1. The van der Waals surface area contributed by atoms with E-state index in [2.05, 4.69) is 11.0 Å². The summed E-state index contributed by atoms with van der Waals surface area (Å²) in [6.07, 6.45) is 3.61. The lowest BCUT2D eigenvalue weighted by atomic mass is 9.82. The number of anilines is 1. The zero-order valence-corrected chi connectivity index (χ0v) is 16.7. The van der Waals surface area contributed by atoms with Crippen LogP contribution in [0.5, 0.6) is 0 Å². The van der Waals surface area contributed by atoms with Gasteiger partial charge in [0.25, 0.3) is 0 Å². The molecule has 2 heterocycles. The van der Waals surface area contributed by atoms with Crippen LogP contribution in [0.3, 0.4) is 0 Å². The van der Waals surface area contributed by atoms with Crippen LogP contribution in [0.4, 0.5) is 10.5 Å². The zero-order chi connectivity index (χ0) is 19.1. The molecule has 1 saturated carbocycles. The van der Waals surface area contributed by atoms with Crippen molar-refractivity contribution in [3.8, 4) is 0 Å². The quantitative estimate of drug-likeness (QED) is 0.699. The fourth-order valence-electron chi connectivity index (χ4n) is 5.20. The number of fused-ring (bicyclic) bond motifs is 2. The molecule has 0 bridgehead atoms. The first-order valence-electron chi connectivity index (χ1n) is 10.2. The number of carbonyl (C=O) groups excluding carboxylic acids is 1. The van der Waals surface area contributed by atoms with E-state index in [1.807, 2.05) is 41.3 Å². The van der Waals surface area contributed by atoms with Gasteiger partial charge in [-0.3, -0.25) is 0 Å². The van der Waals surface area contributed by atoms with Gasteiger partial charge in [0.15, 0.2) is 0 Å². The molecule has 0 spiro atoms. The molecule has 5 heteroatoms. The molecule has 2 aliphatic heterocycles. The van der Waals surface area contributed by atoms with Crippen molar-refractivity contribution in [2.24, 2.45) is 5.92 Å². The van der Waals surface area contributed by atoms with Gasteiger partial charge in [-0.05, 0) is 53.5 Å². The normalized spacial score (nSPS) is 23.0. The summed E-state index contributed by atoms with van der Waals surface area (Å²) in [6, 6.07) is 14.0. The third-order valence-electron chi connectivity index (χ3n) is 6.48. The maximum atomic E-state index is 12.8. The molecule has 0 N–H and O–H groups in total. The van der Waals surface area contributed by atoms with Crippen molar-refractivity contribution in [1.29, 1.82) is 0 Å². The van der Waals surface area contributed by atoms with Gasteiger partial charge in [-0.1, -0.05) is 48.4 Å². The molecule has 0 aromatic heterocycles. The Hall–Kier alpha value is -2.20. The number of rotatable bonds is 2. The van der Waals surface area contributed by atoms with Crippen LogP contribution in [0, 0.1) is 5.92 Å². The van der Waals surface area contributed by atoms with E-state index >= 15 is 0 Å². The van der Waals surface area contributed by atoms with Crippen molar-refractivity contribution >= 4 is 23.4 Å². The van der Waals surface area contributed by atoms with E-state index in [9.17, 15) is 4.79 Å². The first-order chi connectivity index (χ1) is 13.7. The average molecular weight is 397 g/mol. The summed E-state index contributed by atoms with van der Waals surface area (Å²) in [7, 11) is 0. The van der Waals surface area contributed by atoms with Crippen LogP contribution in [0.2, 0.25) is 5.02 Å². The highest BCUT2D eigenvalue weighted by Crippen LogP contribution is 2.50. The summed E-state index contributed by atoms with van der Waals surface area (Å²) in [6.45, 7) is 3.49.